The summed E-state index contributed by atoms with van der Waals surface area (Å²) in [4.78, 5) is 10.9. The Morgan fingerprint density at radius 2 is 2.20 bits per heavy atom. The molecule has 0 bridgehead atoms. The van der Waals surface area contributed by atoms with Crippen LogP contribution in [-0.4, -0.2) is 11.1 Å². The topological polar surface area (TPSA) is 50.4 Å². The van der Waals surface area contributed by atoms with Gasteiger partial charge in [0.25, 0.3) is 0 Å². The van der Waals surface area contributed by atoms with E-state index in [-0.39, 0.29) is 5.76 Å². The van der Waals surface area contributed by atoms with Gasteiger partial charge in [-0.25, -0.2) is 4.79 Å². The Labute approximate surface area is 87.3 Å². The summed E-state index contributed by atoms with van der Waals surface area (Å²) < 4.78 is 5.26. The second-order valence-electron chi connectivity index (χ2n) is 3.55. The number of hydrogen-bond acceptors (Lipinski definition) is 2. The van der Waals surface area contributed by atoms with Crippen molar-refractivity contribution in [3.63, 3.8) is 0 Å². The molecule has 0 saturated heterocycles. The van der Waals surface area contributed by atoms with Crippen LogP contribution in [0.3, 0.4) is 0 Å². The first kappa shape index (κ1) is 9.77. The van der Waals surface area contributed by atoms with Crippen molar-refractivity contribution in [3.8, 4) is 0 Å². The lowest BCUT2D eigenvalue weighted by Gasteiger charge is -1.95. The zero-order valence-electron chi connectivity index (χ0n) is 8.70. The maximum absolute atomic E-state index is 10.9. The van der Waals surface area contributed by atoms with Gasteiger partial charge in [-0.2, -0.15) is 0 Å². The van der Waals surface area contributed by atoms with E-state index in [2.05, 4.69) is 6.92 Å². The maximum Gasteiger partial charge on any atom is 0.372 e. The van der Waals surface area contributed by atoms with Gasteiger partial charge in [-0.15, -0.1) is 0 Å². The average molecular weight is 204 g/mol. The average Bonchev–Trinajstić information content (AvgIpc) is 2.56. The largest absolute Gasteiger partial charge is 0.475 e. The first-order valence-electron chi connectivity index (χ1n) is 4.88. The zero-order valence-corrected chi connectivity index (χ0v) is 8.70. The van der Waals surface area contributed by atoms with Gasteiger partial charge in [-0.05, 0) is 31.0 Å². The van der Waals surface area contributed by atoms with Gasteiger partial charge >= 0.3 is 5.97 Å². The van der Waals surface area contributed by atoms with Crippen molar-refractivity contribution in [3.05, 3.63) is 35.1 Å². The number of hydrogen-bond donors (Lipinski definition) is 1. The van der Waals surface area contributed by atoms with E-state index in [0.29, 0.717) is 11.1 Å². The Hall–Kier alpha value is -1.77. The van der Waals surface area contributed by atoms with Crippen LogP contribution in [-0.2, 0) is 6.42 Å². The number of carboxylic acid groups (broad SMARTS) is 1. The quantitative estimate of drug-likeness (QED) is 0.818. The Bertz CT molecular complexity index is 523. The lowest BCUT2D eigenvalue weighted by Crippen LogP contribution is -1.95. The molecule has 2 aromatic rings. The van der Waals surface area contributed by atoms with E-state index in [1.54, 1.807) is 6.92 Å². The molecule has 0 saturated carbocycles. The van der Waals surface area contributed by atoms with Gasteiger partial charge < -0.3 is 9.52 Å². The molecular formula is C12H12O3. The van der Waals surface area contributed by atoms with Gasteiger partial charge in [-0.3, -0.25) is 0 Å². The lowest BCUT2D eigenvalue weighted by molar-refractivity contribution is 0.0664. The van der Waals surface area contributed by atoms with Gasteiger partial charge in [0.2, 0.25) is 5.76 Å². The van der Waals surface area contributed by atoms with Crippen LogP contribution in [0.4, 0.5) is 0 Å². The first-order chi connectivity index (χ1) is 7.13. The highest BCUT2D eigenvalue weighted by Gasteiger charge is 2.16. The highest BCUT2D eigenvalue weighted by molar-refractivity contribution is 5.95. The molecule has 78 valence electrons. The molecule has 0 aliphatic heterocycles. The third-order valence-electron chi connectivity index (χ3n) is 2.60. The predicted octanol–water partition coefficient (Wildman–Crippen LogP) is 3.00. The summed E-state index contributed by atoms with van der Waals surface area (Å²) in [7, 11) is 0. The van der Waals surface area contributed by atoms with Gasteiger partial charge in [0.1, 0.15) is 5.58 Å². The highest BCUT2D eigenvalue weighted by Crippen LogP contribution is 2.26. The van der Waals surface area contributed by atoms with E-state index in [1.165, 1.54) is 5.56 Å². The smallest absolute Gasteiger partial charge is 0.372 e. The molecule has 0 atom stereocenters. The second kappa shape index (κ2) is 3.42. The fourth-order valence-electron chi connectivity index (χ4n) is 1.69. The molecule has 0 aliphatic carbocycles. The molecule has 1 aromatic heterocycles. The minimum absolute atomic E-state index is 0.0400. The van der Waals surface area contributed by atoms with E-state index >= 15 is 0 Å². The van der Waals surface area contributed by atoms with E-state index in [1.807, 2.05) is 18.2 Å². The van der Waals surface area contributed by atoms with Crippen molar-refractivity contribution in [1.82, 2.24) is 0 Å². The minimum atomic E-state index is -1.01. The first-order valence-corrected chi connectivity index (χ1v) is 4.88. The highest BCUT2D eigenvalue weighted by atomic mass is 16.4. The molecule has 1 N–H and O–H groups in total. The summed E-state index contributed by atoms with van der Waals surface area (Å²) in [6.45, 7) is 3.84. The van der Waals surface area contributed by atoms with Crippen molar-refractivity contribution in [1.29, 1.82) is 0 Å². The summed E-state index contributed by atoms with van der Waals surface area (Å²) in [5.74, 6) is -0.972. The van der Waals surface area contributed by atoms with Crippen LogP contribution < -0.4 is 0 Å². The van der Waals surface area contributed by atoms with Crippen LogP contribution in [0, 0.1) is 6.92 Å². The number of fused-ring (bicyclic) bond motifs is 1. The molecule has 0 fully saturated rings. The third-order valence-corrected chi connectivity index (χ3v) is 2.60. The van der Waals surface area contributed by atoms with Crippen LogP contribution in [0.5, 0.6) is 0 Å². The molecule has 3 nitrogen and oxygen atoms in total. The summed E-state index contributed by atoms with van der Waals surface area (Å²) >= 11 is 0. The van der Waals surface area contributed by atoms with Crippen molar-refractivity contribution in [2.24, 2.45) is 0 Å². The molecule has 2 rings (SSSR count). The predicted molar refractivity (Wildman–Crippen MR) is 57.3 cm³/mol. The Morgan fingerprint density at radius 1 is 1.47 bits per heavy atom. The van der Waals surface area contributed by atoms with E-state index in [4.69, 9.17) is 9.52 Å². The molecule has 0 radical (unpaired) electrons. The SMILES string of the molecule is CCc1ccc2oc(C(=O)O)c(C)c2c1. The fourth-order valence-corrected chi connectivity index (χ4v) is 1.69. The molecule has 0 unspecified atom stereocenters. The summed E-state index contributed by atoms with van der Waals surface area (Å²) in [6, 6.07) is 5.77. The number of aryl methyl sites for hydroxylation is 2. The third kappa shape index (κ3) is 1.50. The number of carboxylic acids is 1. The zero-order chi connectivity index (χ0) is 11.0. The lowest BCUT2D eigenvalue weighted by atomic mass is 10.1. The van der Waals surface area contributed by atoms with Crippen molar-refractivity contribution in [2.45, 2.75) is 20.3 Å². The second-order valence-corrected chi connectivity index (χ2v) is 3.55. The number of furan rings is 1. The van der Waals surface area contributed by atoms with Gasteiger partial charge in [0.15, 0.2) is 0 Å². The molecular weight excluding hydrogens is 192 g/mol. The van der Waals surface area contributed by atoms with Crippen LogP contribution >= 0.6 is 0 Å². The minimum Gasteiger partial charge on any atom is -0.475 e. The van der Waals surface area contributed by atoms with Gasteiger partial charge in [-0.1, -0.05) is 13.0 Å². The van der Waals surface area contributed by atoms with Crippen LogP contribution in [0.2, 0.25) is 0 Å². The molecule has 0 spiro atoms. The Kier molecular flexibility index (Phi) is 2.23. The van der Waals surface area contributed by atoms with Crippen molar-refractivity contribution < 1.29 is 14.3 Å². The summed E-state index contributed by atoms with van der Waals surface area (Å²) in [5.41, 5.74) is 2.53. The van der Waals surface area contributed by atoms with E-state index in [9.17, 15) is 4.79 Å². The van der Waals surface area contributed by atoms with Crippen molar-refractivity contribution >= 4 is 16.9 Å². The van der Waals surface area contributed by atoms with Crippen LogP contribution in [0.15, 0.2) is 22.6 Å². The van der Waals surface area contributed by atoms with Gasteiger partial charge in [0, 0.05) is 10.9 Å². The van der Waals surface area contributed by atoms with Gasteiger partial charge in [0.05, 0.1) is 0 Å². The fraction of sp³-hybridized carbons (Fsp3) is 0.250. The number of benzene rings is 1. The maximum atomic E-state index is 10.9. The van der Waals surface area contributed by atoms with Crippen LogP contribution in [0.25, 0.3) is 11.0 Å². The monoisotopic (exact) mass is 204 g/mol. The summed E-state index contributed by atoms with van der Waals surface area (Å²) in [6.07, 6.45) is 0.933. The molecule has 0 aliphatic rings. The van der Waals surface area contributed by atoms with E-state index < -0.39 is 5.97 Å². The molecule has 0 amide bonds. The normalized spacial score (nSPS) is 10.8. The van der Waals surface area contributed by atoms with E-state index in [0.717, 1.165) is 11.8 Å². The Morgan fingerprint density at radius 3 is 2.80 bits per heavy atom. The van der Waals surface area contributed by atoms with Crippen LogP contribution in [0.1, 0.15) is 28.6 Å². The Balaban J connectivity index is 2.72. The standard InChI is InChI=1S/C12H12O3/c1-3-8-4-5-10-9(6-8)7(2)11(15-10)12(13)14/h4-6H,3H2,1-2H3,(H,13,14). The number of carbonyl (C=O) groups is 1. The molecule has 1 heterocycles. The summed E-state index contributed by atoms with van der Waals surface area (Å²) in [5, 5.41) is 9.79. The molecule has 1 aromatic carbocycles. The molecule has 3 heteroatoms. The number of rotatable bonds is 2. The molecule has 15 heavy (non-hydrogen) atoms. The number of aromatic carboxylic acids is 1. The van der Waals surface area contributed by atoms with Crippen molar-refractivity contribution in [2.75, 3.05) is 0 Å².